The third-order valence-corrected chi connectivity index (χ3v) is 3.67. The number of nitrogens with one attached hydrogen (secondary N) is 1. The zero-order chi connectivity index (χ0) is 12.3. The number of nitrogens with two attached hydrogens (primary N) is 1. The maximum absolute atomic E-state index is 5.54. The van der Waals surface area contributed by atoms with Gasteiger partial charge in [0, 0.05) is 23.3 Å². The number of aryl methyl sites for hydroxylation is 1. The molecule has 2 rings (SSSR count). The Kier molecular flexibility index (Phi) is 3.71. The minimum Gasteiger partial charge on any atom is -0.388 e. The Hall–Kier alpha value is -1.46. The van der Waals surface area contributed by atoms with Crippen LogP contribution in [0.3, 0.4) is 0 Å². The van der Waals surface area contributed by atoms with Gasteiger partial charge in [-0.05, 0) is 36.1 Å². The van der Waals surface area contributed by atoms with Gasteiger partial charge in [0.15, 0.2) is 0 Å². The monoisotopic (exact) mass is 263 g/mol. The standard InChI is InChI=1S/C12H13N3S2/c1-8-3-5-17-11(8)7-15-9-2-4-14-10(6-9)12(13)16/h2-6H,7H2,1H3,(H2,13,16)(H,14,15). The summed E-state index contributed by atoms with van der Waals surface area (Å²) in [6.07, 6.45) is 1.71. The van der Waals surface area contributed by atoms with Crippen molar-refractivity contribution in [2.24, 2.45) is 5.73 Å². The van der Waals surface area contributed by atoms with Gasteiger partial charge in [0.2, 0.25) is 0 Å². The average Bonchev–Trinajstić information content (AvgIpc) is 2.72. The van der Waals surface area contributed by atoms with Crippen molar-refractivity contribution in [3.63, 3.8) is 0 Å². The van der Waals surface area contributed by atoms with Crippen LogP contribution in [0.15, 0.2) is 29.8 Å². The fourth-order valence-corrected chi connectivity index (χ4v) is 2.40. The van der Waals surface area contributed by atoms with Crippen LogP contribution in [0.2, 0.25) is 0 Å². The molecular weight excluding hydrogens is 250 g/mol. The largest absolute Gasteiger partial charge is 0.388 e. The third-order valence-electron chi connectivity index (χ3n) is 2.43. The zero-order valence-corrected chi connectivity index (χ0v) is 11.1. The van der Waals surface area contributed by atoms with Crippen LogP contribution in [-0.4, -0.2) is 9.97 Å². The molecule has 0 bridgehead atoms. The summed E-state index contributed by atoms with van der Waals surface area (Å²) >= 11 is 6.65. The molecule has 17 heavy (non-hydrogen) atoms. The molecule has 0 saturated carbocycles. The van der Waals surface area contributed by atoms with Crippen LogP contribution in [0.4, 0.5) is 5.69 Å². The van der Waals surface area contributed by atoms with Crippen LogP contribution >= 0.6 is 23.6 Å². The first-order valence-electron chi connectivity index (χ1n) is 5.19. The van der Waals surface area contributed by atoms with E-state index in [1.807, 2.05) is 12.1 Å². The molecule has 0 aliphatic rings. The molecule has 2 aromatic rings. The first kappa shape index (κ1) is 12.0. The third kappa shape index (κ3) is 3.01. The number of hydrogen-bond donors (Lipinski definition) is 2. The summed E-state index contributed by atoms with van der Waals surface area (Å²) in [7, 11) is 0. The molecule has 0 unspecified atom stereocenters. The number of aromatic nitrogens is 1. The van der Waals surface area contributed by atoms with E-state index >= 15 is 0 Å². The number of thiocarbonyl (C=S) groups is 1. The van der Waals surface area contributed by atoms with Crippen LogP contribution in [0, 0.1) is 6.92 Å². The van der Waals surface area contributed by atoms with Gasteiger partial charge in [0.05, 0.1) is 5.69 Å². The Labute approximate surface area is 110 Å². The Balaban J connectivity index is 2.07. The van der Waals surface area contributed by atoms with Gasteiger partial charge in [-0.1, -0.05) is 12.2 Å². The van der Waals surface area contributed by atoms with Gasteiger partial charge >= 0.3 is 0 Å². The van der Waals surface area contributed by atoms with E-state index < -0.39 is 0 Å². The van der Waals surface area contributed by atoms with Crippen LogP contribution < -0.4 is 11.1 Å². The number of nitrogens with zero attached hydrogens (tertiary/aromatic N) is 1. The maximum atomic E-state index is 5.54. The van der Waals surface area contributed by atoms with Crippen molar-refractivity contribution in [3.05, 3.63) is 45.9 Å². The fourth-order valence-electron chi connectivity index (χ4n) is 1.44. The summed E-state index contributed by atoms with van der Waals surface area (Å²) in [5, 5.41) is 5.43. The lowest BCUT2D eigenvalue weighted by molar-refractivity contribution is 1.16. The highest BCUT2D eigenvalue weighted by atomic mass is 32.1. The predicted molar refractivity (Wildman–Crippen MR) is 76.5 cm³/mol. The normalized spacial score (nSPS) is 10.2. The van der Waals surface area contributed by atoms with E-state index in [1.54, 1.807) is 17.5 Å². The molecule has 2 heterocycles. The van der Waals surface area contributed by atoms with Gasteiger partial charge in [-0.2, -0.15) is 0 Å². The van der Waals surface area contributed by atoms with Crippen LogP contribution in [-0.2, 0) is 6.54 Å². The Morgan fingerprint density at radius 2 is 2.35 bits per heavy atom. The Morgan fingerprint density at radius 1 is 1.53 bits per heavy atom. The van der Waals surface area contributed by atoms with Gasteiger partial charge in [0.25, 0.3) is 0 Å². The van der Waals surface area contributed by atoms with E-state index in [4.69, 9.17) is 18.0 Å². The first-order valence-corrected chi connectivity index (χ1v) is 6.48. The van der Waals surface area contributed by atoms with Gasteiger partial charge < -0.3 is 11.1 Å². The van der Waals surface area contributed by atoms with Crippen LogP contribution in [0.5, 0.6) is 0 Å². The van der Waals surface area contributed by atoms with E-state index in [0.29, 0.717) is 10.7 Å². The maximum Gasteiger partial charge on any atom is 0.122 e. The average molecular weight is 263 g/mol. The van der Waals surface area contributed by atoms with Crippen molar-refractivity contribution in [1.82, 2.24) is 4.98 Å². The molecule has 0 radical (unpaired) electrons. The van der Waals surface area contributed by atoms with E-state index in [1.165, 1.54) is 10.4 Å². The number of pyridine rings is 1. The first-order chi connectivity index (χ1) is 8.16. The van der Waals surface area contributed by atoms with Crippen molar-refractivity contribution >= 4 is 34.2 Å². The summed E-state index contributed by atoms with van der Waals surface area (Å²) in [4.78, 5) is 5.75. The molecule has 3 nitrogen and oxygen atoms in total. The lowest BCUT2D eigenvalue weighted by Crippen LogP contribution is -2.11. The van der Waals surface area contributed by atoms with E-state index in [9.17, 15) is 0 Å². The van der Waals surface area contributed by atoms with E-state index in [-0.39, 0.29) is 0 Å². The topological polar surface area (TPSA) is 50.9 Å². The molecule has 0 fully saturated rings. The summed E-state index contributed by atoms with van der Waals surface area (Å²) in [6.45, 7) is 2.92. The van der Waals surface area contributed by atoms with Crippen molar-refractivity contribution in [1.29, 1.82) is 0 Å². The van der Waals surface area contributed by atoms with Crippen molar-refractivity contribution in [3.8, 4) is 0 Å². The molecule has 5 heteroatoms. The quantitative estimate of drug-likeness (QED) is 0.833. The fraction of sp³-hybridized carbons (Fsp3) is 0.167. The SMILES string of the molecule is Cc1ccsc1CNc1ccnc(C(N)=S)c1. The van der Waals surface area contributed by atoms with Crippen molar-refractivity contribution in [2.75, 3.05) is 5.32 Å². The number of anilines is 1. The second kappa shape index (κ2) is 5.25. The molecule has 0 saturated heterocycles. The molecule has 0 aliphatic heterocycles. The molecule has 0 spiro atoms. The second-order valence-electron chi connectivity index (χ2n) is 3.67. The molecular formula is C12H13N3S2. The Morgan fingerprint density at radius 3 is 3.00 bits per heavy atom. The van der Waals surface area contributed by atoms with Crippen LogP contribution in [0.25, 0.3) is 0 Å². The molecule has 0 aromatic carbocycles. The summed E-state index contributed by atoms with van der Waals surface area (Å²) in [5.74, 6) is 0. The molecule has 0 aliphatic carbocycles. The number of hydrogen-bond acceptors (Lipinski definition) is 4. The van der Waals surface area contributed by atoms with Gasteiger partial charge in [0.1, 0.15) is 4.99 Å². The van der Waals surface area contributed by atoms with E-state index in [0.717, 1.165) is 12.2 Å². The van der Waals surface area contributed by atoms with Gasteiger partial charge in [-0.3, -0.25) is 4.98 Å². The summed E-state index contributed by atoms with van der Waals surface area (Å²) in [5.41, 5.74) is 8.48. The summed E-state index contributed by atoms with van der Waals surface area (Å²) in [6, 6.07) is 5.89. The highest BCUT2D eigenvalue weighted by Crippen LogP contribution is 2.17. The molecule has 2 aromatic heterocycles. The highest BCUT2D eigenvalue weighted by molar-refractivity contribution is 7.80. The van der Waals surface area contributed by atoms with Crippen molar-refractivity contribution in [2.45, 2.75) is 13.5 Å². The lowest BCUT2D eigenvalue weighted by Gasteiger charge is -2.07. The lowest BCUT2D eigenvalue weighted by atomic mass is 10.2. The molecule has 88 valence electrons. The van der Waals surface area contributed by atoms with Gasteiger partial charge in [-0.25, -0.2) is 0 Å². The van der Waals surface area contributed by atoms with Crippen LogP contribution in [0.1, 0.15) is 16.1 Å². The highest BCUT2D eigenvalue weighted by Gasteiger charge is 2.02. The molecule has 3 N–H and O–H groups in total. The number of thiophene rings is 1. The minimum atomic E-state index is 0.320. The van der Waals surface area contributed by atoms with Crippen molar-refractivity contribution < 1.29 is 0 Å². The molecule has 0 amide bonds. The zero-order valence-electron chi connectivity index (χ0n) is 9.43. The predicted octanol–water partition coefficient (Wildman–Crippen LogP) is 2.70. The number of rotatable bonds is 4. The summed E-state index contributed by atoms with van der Waals surface area (Å²) < 4.78 is 0. The van der Waals surface area contributed by atoms with E-state index in [2.05, 4.69) is 28.7 Å². The minimum absolute atomic E-state index is 0.320. The Bertz CT molecular complexity index is 534. The second-order valence-corrected chi connectivity index (χ2v) is 5.11. The van der Waals surface area contributed by atoms with Gasteiger partial charge in [-0.15, -0.1) is 11.3 Å². The molecule has 0 atom stereocenters. The smallest absolute Gasteiger partial charge is 0.122 e.